The van der Waals surface area contributed by atoms with Gasteiger partial charge in [-0.1, -0.05) is 28.9 Å². The van der Waals surface area contributed by atoms with Crippen LogP contribution in [-0.4, -0.2) is 47.5 Å². The van der Waals surface area contributed by atoms with Crippen LogP contribution in [0.15, 0.2) is 41.6 Å². The Morgan fingerprint density at radius 1 is 1.16 bits per heavy atom. The van der Waals surface area contributed by atoms with Gasteiger partial charge >= 0.3 is 0 Å². The van der Waals surface area contributed by atoms with Crippen molar-refractivity contribution in [3.05, 3.63) is 51.2 Å². The highest BCUT2D eigenvalue weighted by Gasteiger charge is 2.31. The minimum atomic E-state index is -0.787. The Kier molecular flexibility index (Phi) is 6.24. The van der Waals surface area contributed by atoms with Gasteiger partial charge in [0.05, 0.1) is 20.5 Å². The number of carbonyl (C=O) groups excluding carboxylic acids is 3. The Bertz CT molecular complexity index is 1050. The number of nitrogens with two attached hydrogens (primary N) is 1. The Morgan fingerprint density at radius 2 is 1.90 bits per heavy atom. The van der Waals surface area contributed by atoms with Gasteiger partial charge in [0.2, 0.25) is 12.0 Å². The second-order valence-corrected chi connectivity index (χ2v) is 9.16. The Balaban J connectivity index is 1.40. The number of nitrogens with zero attached hydrogens (tertiary/aromatic N) is 2. The van der Waals surface area contributed by atoms with E-state index in [0.29, 0.717) is 53.7 Å². The molecule has 1 aromatic carbocycles. The van der Waals surface area contributed by atoms with E-state index in [1.54, 1.807) is 35.2 Å². The molecule has 1 aromatic heterocycles. The molecule has 0 saturated carbocycles. The number of carbonyl (C=O) groups is 3. The average Bonchev–Trinajstić information content (AvgIpc) is 3.43. The van der Waals surface area contributed by atoms with Gasteiger partial charge in [-0.25, -0.2) is 0 Å². The van der Waals surface area contributed by atoms with Crippen molar-refractivity contribution in [2.75, 3.05) is 18.4 Å². The number of amides is 3. The van der Waals surface area contributed by atoms with E-state index in [1.807, 2.05) is 6.07 Å². The van der Waals surface area contributed by atoms with Crippen LogP contribution in [-0.2, 0) is 14.4 Å². The van der Waals surface area contributed by atoms with E-state index in [2.05, 4.69) is 10.5 Å². The van der Waals surface area contributed by atoms with Crippen LogP contribution in [0.1, 0.15) is 34.5 Å². The van der Waals surface area contributed by atoms with Crippen LogP contribution in [0, 0.1) is 5.92 Å². The lowest BCUT2D eigenvalue weighted by atomic mass is 9.95. The van der Waals surface area contributed by atoms with Crippen LogP contribution in [0.25, 0.3) is 0 Å². The van der Waals surface area contributed by atoms with Gasteiger partial charge in [-0.3, -0.25) is 14.4 Å². The molecule has 3 heterocycles. The molecule has 0 bridgehead atoms. The number of rotatable bonds is 5. The number of benzene rings is 1. The van der Waals surface area contributed by atoms with Crippen LogP contribution in [0.3, 0.4) is 0 Å². The fourth-order valence-corrected chi connectivity index (χ4v) is 4.70. The molecule has 4 rings (SSSR count). The zero-order valence-electron chi connectivity index (χ0n) is 16.5. The van der Waals surface area contributed by atoms with E-state index < -0.39 is 6.10 Å². The molecular weight excluding hydrogens is 440 g/mol. The maximum absolute atomic E-state index is 13.0. The van der Waals surface area contributed by atoms with E-state index in [4.69, 9.17) is 22.2 Å². The summed E-state index contributed by atoms with van der Waals surface area (Å²) in [6.45, 7) is 0.891. The number of piperidine rings is 1. The molecule has 1 saturated heterocycles. The molecule has 0 aliphatic carbocycles. The molecule has 1 fully saturated rings. The lowest BCUT2D eigenvalue weighted by Gasteiger charge is -2.31. The van der Waals surface area contributed by atoms with Gasteiger partial charge < -0.3 is 20.8 Å². The van der Waals surface area contributed by atoms with E-state index in [0.717, 1.165) is 4.88 Å². The van der Waals surface area contributed by atoms with Gasteiger partial charge in [-0.05, 0) is 37.1 Å². The number of hydrogen-bond donors (Lipinski definition) is 2. The summed E-state index contributed by atoms with van der Waals surface area (Å²) in [5.41, 5.74) is 6.83. The summed E-state index contributed by atoms with van der Waals surface area (Å²) >= 11 is 7.33. The smallest absolute Gasteiger partial charge is 0.268 e. The zero-order chi connectivity index (χ0) is 22.0. The quantitative estimate of drug-likeness (QED) is 0.713. The summed E-state index contributed by atoms with van der Waals surface area (Å²) < 4.78 is 0.637. The molecule has 3 N–H and O–H groups in total. The third kappa shape index (κ3) is 4.72. The van der Waals surface area contributed by atoms with Crippen molar-refractivity contribution >= 4 is 52.1 Å². The van der Waals surface area contributed by atoms with Gasteiger partial charge in [0.15, 0.2) is 0 Å². The lowest BCUT2D eigenvalue weighted by molar-refractivity contribution is -0.126. The van der Waals surface area contributed by atoms with Crippen molar-refractivity contribution in [1.82, 2.24) is 4.90 Å². The summed E-state index contributed by atoms with van der Waals surface area (Å²) in [4.78, 5) is 45.0. The highest BCUT2D eigenvalue weighted by molar-refractivity contribution is 7.18. The van der Waals surface area contributed by atoms with Crippen LogP contribution in [0.5, 0.6) is 0 Å². The van der Waals surface area contributed by atoms with E-state index >= 15 is 0 Å². The fraction of sp³-hybridized carbons (Fsp3) is 0.333. The maximum atomic E-state index is 13.0. The van der Waals surface area contributed by atoms with Gasteiger partial charge in [-0.2, -0.15) is 0 Å². The van der Waals surface area contributed by atoms with Crippen molar-refractivity contribution in [2.24, 2.45) is 16.8 Å². The number of para-hydroxylation sites is 1. The highest BCUT2D eigenvalue weighted by Crippen LogP contribution is 2.27. The SMILES string of the molecule is NC(=O)C1CCN(C(=O)c2ccccc2NC(=O)C2CC(c3ccc(Cl)s3)=NO2)CC1. The van der Waals surface area contributed by atoms with Crippen LogP contribution >= 0.6 is 22.9 Å². The average molecular weight is 461 g/mol. The summed E-state index contributed by atoms with van der Waals surface area (Å²) in [6, 6.07) is 10.4. The maximum Gasteiger partial charge on any atom is 0.268 e. The molecule has 2 aliphatic rings. The normalized spacial score (nSPS) is 18.9. The number of nitrogens with one attached hydrogen (secondary N) is 1. The van der Waals surface area contributed by atoms with Crippen LogP contribution in [0.4, 0.5) is 5.69 Å². The Hall–Kier alpha value is -2.91. The minimum absolute atomic E-state index is 0.198. The van der Waals surface area contributed by atoms with Gasteiger partial charge in [0, 0.05) is 25.4 Å². The minimum Gasteiger partial charge on any atom is -0.382 e. The first-order chi connectivity index (χ1) is 14.9. The third-order valence-electron chi connectivity index (χ3n) is 5.42. The molecule has 31 heavy (non-hydrogen) atoms. The molecule has 2 aromatic rings. The second kappa shape index (κ2) is 9.07. The third-order valence-corrected chi connectivity index (χ3v) is 6.70. The Morgan fingerprint density at radius 3 is 2.58 bits per heavy atom. The molecule has 1 unspecified atom stereocenters. The molecular formula is C21H21ClN4O4S. The summed E-state index contributed by atoms with van der Waals surface area (Å²) in [6.07, 6.45) is 0.612. The highest BCUT2D eigenvalue weighted by atomic mass is 35.5. The number of hydrogen-bond acceptors (Lipinski definition) is 6. The first kappa shape index (κ1) is 21.3. The standard InChI is InChI=1S/C21H21ClN4O4S/c22-18-6-5-17(31-18)15-11-16(30-25-15)20(28)24-14-4-2-1-3-13(14)21(29)26-9-7-12(8-10-26)19(23)27/h1-6,12,16H,7-11H2,(H2,23,27)(H,24,28). The molecule has 0 radical (unpaired) electrons. The van der Waals surface area contributed by atoms with Gasteiger partial charge in [0.1, 0.15) is 5.71 Å². The number of halogens is 1. The topological polar surface area (TPSA) is 114 Å². The summed E-state index contributed by atoms with van der Waals surface area (Å²) in [7, 11) is 0. The molecule has 0 spiro atoms. The number of oxime groups is 1. The largest absolute Gasteiger partial charge is 0.382 e. The zero-order valence-corrected chi connectivity index (χ0v) is 18.1. The van der Waals surface area contributed by atoms with Crippen LogP contribution in [0.2, 0.25) is 4.34 Å². The predicted molar refractivity (Wildman–Crippen MR) is 118 cm³/mol. The molecule has 1 atom stereocenters. The van der Waals surface area contributed by atoms with E-state index in [9.17, 15) is 14.4 Å². The molecule has 10 heteroatoms. The van der Waals surface area contributed by atoms with E-state index in [1.165, 1.54) is 11.3 Å². The molecule has 162 valence electrons. The molecule has 3 amide bonds. The van der Waals surface area contributed by atoms with Crippen LogP contribution < -0.4 is 11.1 Å². The van der Waals surface area contributed by atoms with Crippen molar-refractivity contribution in [1.29, 1.82) is 0 Å². The number of primary amides is 1. The first-order valence-corrected chi connectivity index (χ1v) is 11.1. The van der Waals surface area contributed by atoms with Crippen molar-refractivity contribution in [3.63, 3.8) is 0 Å². The monoisotopic (exact) mass is 460 g/mol. The van der Waals surface area contributed by atoms with Crippen molar-refractivity contribution in [3.8, 4) is 0 Å². The Labute approximate surface area is 188 Å². The lowest BCUT2D eigenvalue weighted by Crippen LogP contribution is -2.42. The molecule has 2 aliphatic heterocycles. The predicted octanol–water partition coefficient (Wildman–Crippen LogP) is 2.87. The fourth-order valence-electron chi connectivity index (χ4n) is 3.66. The van der Waals surface area contributed by atoms with E-state index in [-0.39, 0.29) is 23.6 Å². The number of anilines is 1. The number of thiophene rings is 1. The summed E-state index contributed by atoms with van der Waals surface area (Å²) in [5, 5.41) is 6.81. The molecule has 8 nitrogen and oxygen atoms in total. The number of likely N-dealkylation sites (tertiary alicyclic amines) is 1. The van der Waals surface area contributed by atoms with Gasteiger partial charge in [0.25, 0.3) is 11.8 Å². The van der Waals surface area contributed by atoms with Gasteiger partial charge in [-0.15, -0.1) is 11.3 Å². The summed E-state index contributed by atoms with van der Waals surface area (Å²) in [5.74, 6) is -1.11. The van der Waals surface area contributed by atoms with Crippen molar-refractivity contribution in [2.45, 2.75) is 25.4 Å². The van der Waals surface area contributed by atoms with Crippen molar-refractivity contribution < 1.29 is 19.2 Å². The second-order valence-electron chi connectivity index (χ2n) is 7.44. The first-order valence-electron chi connectivity index (χ1n) is 9.89.